The highest BCUT2D eigenvalue weighted by molar-refractivity contribution is 6.34. The molecule has 24 heavy (non-hydrogen) atoms. The van der Waals surface area contributed by atoms with Crippen LogP contribution < -0.4 is 5.73 Å². The Morgan fingerprint density at radius 3 is 2.29 bits per heavy atom. The van der Waals surface area contributed by atoms with Gasteiger partial charge in [0.2, 0.25) is 0 Å². The van der Waals surface area contributed by atoms with Gasteiger partial charge in [-0.25, -0.2) is 0 Å². The molecule has 0 atom stereocenters. The summed E-state index contributed by atoms with van der Waals surface area (Å²) >= 11 is 0. The lowest BCUT2D eigenvalue weighted by molar-refractivity contribution is -0.146. The number of benzene rings is 1. The van der Waals surface area contributed by atoms with E-state index in [4.69, 9.17) is 5.73 Å². The van der Waals surface area contributed by atoms with Crippen molar-refractivity contribution in [3.8, 4) is 0 Å². The number of carbonyl (C=O) groups excluding carboxylic acids is 2. The molecule has 1 aromatic heterocycles. The fourth-order valence-corrected chi connectivity index (χ4v) is 2.16. The molecule has 1 aromatic carbocycles. The molecule has 8 heteroatoms. The Bertz CT molecular complexity index is 733. The first-order valence-electron chi connectivity index (χ1n) is 6.92. The Balaban J connectivity index is 2.33. The predicted octanol–water partition coefficient (Wildman–Crippen LogP) is 2.11. The molecular weight excluding hydrogens is 323 g/mol. The Kier molecular flexibility index (Phi) is 5.18. The summed E-state index contributed by atoms with van der Waals surface area (Å²) in [6.07, 6.45) is -3.42. The highest BCUT2D eigenvalue weighted by atomic mass is 19.4. The summed E-state index contributed by atoms with van der Waals surface area (Å²) in [4.78, 5) is 27.8. The molecule has 1 heterocycles. The largest absolute Gasteiger partial charge is 0.418 e. The fourth-order valence-electron chi connectivity index (χ4n) is 2.16. The van der Waals surface area contributed by atoms with Gasteiger partial charge in [-0.05, 0) is 17.7 Å². The first-order valence-corrected chi connectivity index (χ1v) is 6.92. The molecule has 0 saturated carbocycles. The van der Waals surface area contributed by atoms with Crippen molar-refractivity contribution in [3.63, 3.8) is 0 Å². The molecular formula is C16H14F3N3O2. The highest BCUT2D eigenvalue weighted by Crippen LogP contribution is 2.31. The topological polar surface area (TPSA) is 76.3 Å². The second-order valence-corrected chi connectivity index (χ2v) is 5.01. The Labute approximate surface area is 135 Å². The number of primary amides is 1. The standard InChI is InChI=1S/C16H14F3N3O2/c17-16(18,19)12-7-4-8-21-13(12)10-22(15(24)14(20)23)9-11-5-2-1-3-6-11/h1-8H,9-10H2,(H2,20,23). The lowest BCUT2D eigenvalue weighted by Gasteiger charge is -2.22. The summed E-state index contributed by atoms with van der Waals surface area (Å²) in [6.45, 7) is -0.539. The van der Waals surface area contributed by atoms with Gasteiger partial charge in [-0.2, -0.15) is 13.2 Å². The molecule has 0 aliphatic carbocycles. The lowest BCUT2D eigenvalue weighted by atomic mass is 10.1. The zero-order valence-corrected chi connectivity index (χ0v) is 12.5. The molecule has 2 aromatic rings. The van der Waals surface area contributed by atoms with E-state index in [9.17, 15) is 22.8 Å². The van der Waals surface area contributed by atoms with Crippen LogP contribution in [-0.2, 0) is 28.9 Å². The fraction of sp³-hybridized carbons (Fsp3) is 0.188. The van der Waals surface area contributed by atoms with Gasteiger partial charge in [0.1, 0.15) is 0 Å². The second-order valence-electron chi connectivity index (χ2n) is 5.01. The van der Waals surface area contributed by atoms with Crippen molar-refractivity contribution in [1.29, 1.82) is 0 Å². The molecule has 0 spiro atoms. The molecule has 126 valence electrons. The summed E-state index contributed by atoms with van der Waals surface area (Å²) < 4.78 is 39.2. The van der Waals surface area contributed by atoms with Gasteiger partial charge in [0, 0.05) is 12.7 Å². The molecule has 0 aliphatic heterocycles. The van der Waals surface area contributed by atoms with Gasteiger partial charge in [0.05, 0.1) is 17.8 Å². The lowest BCUT2D eigenvalue weighted by Crippen LogP contribution is -2.40. The van der Waals surface area contributed by atoms with Gasteiger partial charge in [0.25, 0.3) is 0 Å². The van der Waals surface area contributed by atoms with E-state index in [2.05, 4.69) is 4.98 Å². The van der Waals surface area contributed by atoms with Crippen molar-refractivity contribution < 1.29 is 22.8 Å². The SMILES string of the molecule is NC(=O)C(=O)N(Cc1ccccc1)Cc1ncccc1C(F)(F)F. The number of rotatable bonds is 4. The van der Waals surface area contributed by atoms with Gasteiger partial charge >= 0.3 is 18.0 Å². The van der Waals surface area contributed by atoms with E-state index in [0.717, 1.165) is 17.0 Å². The molecule has 5 nitrogen and oxygen atoms in total. The molecule has 0 aliphatic rings. The average Bonchev–Trinajstić information content (AvgIpc) is 2.54. The van der Waals surface area contributed by atoms with E-state index in [1.807, 2.05) is 0 Å². The van der Waals surface area contributed by atoms with Crippen LogP contribution in [0.5, 0.6) is 0 Å². The number of halogens is 3. The normalized spacial score (nSPS) is 11.1. The van der Waals surface area contributed by atoms with Crippen LogP contribution in [0.4, 0.5) is 13.2 Å². The number of hydrogen-bond donors (Lipinski definition) is 1. The molecule has 2 N–H and O–H groups in total. The smallest absolute Gasteiger partial charge is 0.361 e. The molecule has 0 fully saturated rings. The molecule has 0 radical (unpaired) electrons. The summed E-state index contributed by atoms with van der Waals surface area (Å²) in [5.74, 6) is -2.31. The quantitative estimate of drug-likeness (QED) is 0.868. The van der Waals surface area contributed by atoms with Crippen LogP contribution in [0.15, 0.2) is 48.7 Å². The zero-order chi connectivity index (χ0) is 17.7. The van der Waals surface area contributed by atoms with Crippen LogP contribution in [0, 0.1) is 0 Å². The summed E-state index contributed by atoms with van der Waals surface area (Å²) in [5, 5.41) is 0. The molecule has 0 saturated heterocycles. The number of carbonyl (C=O) groups is 2. The van der Waals surface area contributed by atoms with Crippen molar-refractivity contribution in [2.75, 3.05) is 0 Å². The molecule has 0 unspecified atom stereocenters. The molecule has 2 amide bonds. The number of nitrogens with zero attached hydrogens (tertiary/aromatic N) is 2. The van der Waals surface area contributed by atoms with Crippen LogP contribution in [0.25, 0.3) is 0 Å². The minimum Gasteiger partial charge on any atom is -0.361 e. The van der Waals surface area contributed by atoms with Crippen LogP contribution in [0.3, 0.4) is 0 Å². The van der Waals surface area contributed by atoms with E-state index in [1.165, 1.54) is 6.20 Å². The average molecular weight is 337 g/mol. The minimum atomic E-state index is -4.61. The van der Waals surface area contributed by atoms with Crippen LogP contribution >= 0.6 is 0 Å². The van der Waals surface area contributed by atoms with Crippen molar-refractivity contribution in [2.45, 2.75) is 19.3 Å². The van der Waals surface area contributed by atoms with Crippen LogP contribution in [-0.4, -0.2) is 21.7 Å². The zero-order valence-electron chi connectivity index (χ0n) is 12.5. The molecule has 0 bridgehead atoms. The van der Waals surface area contributed by atoms with Gasteiger partial charge in [-0.3, -0.25) is 14.6 Å². The van der Waals surface area contributed by atoms with E-state index in [1.54, 1.807) is 30.3 Å². The number of amides is 2. The third-order valence-corrected chi connectivity index (χ3v) is 3.25. The van der Waals surface area contributed by atoms with Gasteiger partial charge in [-0.15, -0.1) is 0 Å². The number of pyridine rings is 1. The maximum absolute atomic E-state index is 13.1. The van der Waals surface area contributed by atoms with Crippen molar-refractivity contribution in [2.24, 2.45) is 5.73 Å². The number of aromatic nitrogens is 1. The first kappa shape index (κ1) is 17.5. The maximum atomic E-state index is 13.1. The van der Waals surface area contributed by atoms with Crippen molar-refractivity contribution in [1.82, 2.24) is 9.88 Å². The number of hydrogen-bond acceptors (Lipinski definition) is 3. The Hall–Kier alpha value is -2.90. The number of nitrogens with two attached hydrogens (primary N) is 1. The van der Waals surface area contributed by atoms with Gasteiger partial charge in [-0.1, -0.05) is 30.3 Å². The number of alkyl halides is 3. The third-order valence-electron chi connectivity index (χ3n) is 3.25. The van der Waals surface area contributed by atoms with Crippen LogP contribution in [0.1, 0.15) is 16.8 Å². The van der Waals surface area contributed by atoms with Gasteiger partial charge < -0.3 is 10.6 Å². The van der Waals surface area contributed by atoms with E-state index in [-0.39, 0.29) is 12.2 Å². The second kappa shape index (κ2) is 7.12. The summed E-state index contributed by atoms with van der Waals surface area (Å²) in [7, 11) is 0. The summed E-state index contributed by atoms with van der Waals surface area (Å²) in [6, 6.07) is 10.6. The Morgan fingerprint density at radius 1 is 1.04 bits per heavy atom. The van der Waals surface area contributed by atoms with E-state index in [0.29, 0.717) is 5.56 Å². The highest BCUT2D eigenvalue weighted by Gasteiger charge is 2.35. The monoisotopic (exact) mass is 337 g/mol. The van der Waals surface area contributed by atoms with Crippen molar-refractivity contribution >= 4 is 11.8 Å². The first-order chi connectivity index (χ1) is 11.3. The third kappa shape index (κ3) is 4.31. The Morgan fingerprint density at radius 2 is 1.71 bits per heavy atom. The van der Waals surface area contributed by atoms with Crippen LogP contribution in [0.2, 0.25) is 0 Å². The predicted molar refractivity (Wildman–Crippen MR) is 79.1 cm³/mol. The minimum absolute atomic E-state index is 0.0590. The maximum Gasteiger partial charge on any atom is 0.418 e. The molecule has 2 rings (SSSR count). The van der Waals surface area contributed by atoms with Crippen molar-refractivity contribution in [3.05, 3.63) is 65.5 Å². The van der Waals surface area contributed by atoms with E-state index >= 15 is 0 Å². The summed E-state index contributed by atoms with van der Waals surface area (Å²) in [5.41, 5.74) is 4.34. The van der Waals surface area contributed by atoms with E-state index < -0.39 is 30.1 Å². The van der Waals surface area contributed by atoms with Gasteiger partial charge in [0.15, 0.2) is 0 Å².